The van der Waals surface area contributed by atoms with E-state index in [1.807, 2.05) is 19.9 Å². The standard InChI is InChI=1S/C21H23N5O4/c1-4-13-25(21(28)22-15-9-11-16(12-10-15)26(29)30)14(2)19-23-18-8-6-5-7-17(18)20(27)24(19)3/h5-12,14H,4,13H2,1-3H3,(H,22,28). The molecule has 1 atom stereocenters. The lowest BCUT2D eigenvalue weighted by atomic mass is 10.2. The summed E-state index contributed by atoms with van der Waals surface area (Å²) in [4.78, 5) is 42.2. The predicted molar refractivity (Wildman–Crippen MR) is 115 cm³/mol. The molecule has 1 unspecified atom stereocenters. The van der Waals surface area contributed by atoms with E-state index in [1.165, 1.54) is 28.8 Å². The highest BCUT2D eigenvalue weighted by atomic mass is 16.6. The molecule has 3 rings (SSSR count). The van der Waals surface area contributed by atoms with E-state index in [2.05, 4.69) is 10.3 Å². The van der Waals surface area contributed by atoms with Crippen LogP contribution in [0.4, 0.5) is 16.2 Å². The van der Waals surface area contributed by atoms with Gasteiger partial charge in [0.25, 0.3) is 11.2 Å². The summed E-state index contributed by atoms with van der Waals surface area (Å²) >= 11 is 0. The van der Waals surface area contributed by atoms with Crippen molar-refractivity contribution in [2.75, 3.05) is 11.9 Å². The molecule has 9 nitrogen and oxygen atoms in total. The summed E-state index contributed by atoms with van der Waals surface area (Å²) in [5.74, 6) is 0.478. The van der Waals surface area contributed by atoms with Gasteiger partial charge in [-0.25, -0.2) is 9.78 Å². The van der Waals surface area contributed by atoms with Crippen LogP contribution in [0.3, 0.4) is 0 Å². The summed E-state index contributed by atoms with van der Waals surface area (Å²) in [6, 6.07) is 11.9. The van der Waals surface area contributed by atoms with Crippen LogP contribution in [0.15, 0.2) is 53.3 Å². The zero-order valence-corrected chi connectivity index (χ0v) is 17.0. The molecular weight excluding hydrogens is 386 g/mol. The van der Waals surface area contributed by atoms with Crippen molar-refractivity contribution in [3.8, 4) is 0 Å². The van der Waals surface area contributed by atoms with Crippen LogP contribution in [0.25, 0.3) is 10.9 Å². The first-order valence-corrected chi connectivity index (χ1v) is 9.61. The highest BCUT2D eigenvalue weighted by Gasteiger charge is 2.25. The van der Waals surface area contributed by atoms with Gasteiger partial charge < -0.3 is 10.2 Å². The largest absolute Gasteiger partial charge is 0.322 e. The van der Waals surface area contributed by atoms with Crippen LogP contribution in [-0.2, 0) is 7.05 Å². The number of benzene rings is 2. The SMILES string of the molecule is CCCN(C(=O)Nc1ccc([N+](=O)[O-])cc1)C(C)c1nc2ccccc2c(=O)n1C. The summed E-state index contributed by atoms with van der Waals surface area (Å²) < 4.78 is 1.47. The third-order valence-corrected chi connectivity index (χ3v) is 4.91. The zero-order valence-electron chi connectivity index (χ0n) is 17.0. The van der Waals surface area contributed by atoms with E-state index in [1.54, 1.807) is 30.1 Å². The van der Waals surface area contributed by atoms with Gasteiger partial charge in [-0.15, -0.1) is 0 Å². The molecule has 2 amide bonds. The summed E-state index contributed by atoms with van der Waals surface area (Å²) in [5, 5.41) is 14.1. The fraction of sp³-hybridized carbons (Fsp3) is 0.286. The highest BCUT2D eigenvalue weighted by Crippen LogP contribution is 2.22. The van der Waals surface area contributed by atoms with Crippen molar-refractivity contribution >= 4 is 28.3 Å². The van der Waals surface area contributed by atoms with E-state index in [0.717, 1.165) is 0 Å². The molecule has 0 aliphatic heterocycles. The molecule has 3 aromatic rings. The summed E-state index contributed by atoms with van der Waals surface area (Å²) in [6.45, 7) is 4.22. The van der Waals surface area contributed by atoms with Gasteiger partial charge in [0.05, 0.1) is 21.9 Å². The highest BCUT2D eigenvalue weighted by molar-refractivity contribution is 5.89. The Morgan fingerprint density at radius 2 is 1.90 bits per heavy atom. The van der Waals surface area contributed by atoms with Crippen LogP contribution >= 0.6 is 0 Å². The molecule has 1 aromatic heterocycles. The molecule has 9 heteroatoms. The molecule has 1 heterocycles. The molecule has 0 aliphatic rings. The third kappa shape index (κ3) is 4.14. The van der Waals surface area contributed by atoms with Crippen molar-refractivity contribution in [3.05, 3.63) is 74.8 Å². The number of para-hydroxylation sites is 1. The van der Waals surface area contributed by atoms with Crippen molar-refractivity contribution in [3.63, 3.8) is 0 Å². The molecule has 2 aromatic carbocycles. The summed E-state index contributed by atoms with van der Waals surface area (Å²) in [7, 11) is 1.64. The number of non-ortho nitro benzene ring substituents is 1. The second-order valence-corrected chi connectivity index (χ2v) is 6.95. The van der Waals surface area contributed by atoms with Gasteiger partial charge in [0.2, 0.25) is 0 Å². The Balaban J connectivity index is 1.91. The fourth-order valence-electron chi connectivity index (χ4n) is 3.32. The van der Waals surface area contributed by atoms with E-state index in [-0.39, 0.29) is 17.3 Å². The van der Waals surface area contributed by atoms with Crippen LogP contribution in [0.1, 0.15) is 32.1 Å². The lowest BCUT2D eigenvalue weighted by Gasteiger charge is -2.29. The number of carbonyl (C=O) groups excluding carboxylic acids is 1. The van der Waals surface area contributed by atoms with Gasteiger partial charge in [-0.05, 0) is 37.6 Å². The minimum atomic E-state index is -0.497. The maximum absolute atomic E-state index is 13.0. The molecule has 0 bridgehead atoms. The summed E-state index contributed by atoms with van der Waals surface area (Å²) in [5.41, 5.74) is 0.797. The fourth-order valence-corrected chi connectivity index (χ4v) is 3.32. The Hall–Kier alpha value is -3.75. The van der Waals surface area contributed by atoms with Crippen molar-refractivity contribution in [1.29, 1.82) is 0 Å². The lowest BCUT2D eigenvalue weighted by molar-refractivity contribution is -0.384. The molecule has 0 aliphatic carbocycles. The minimum absolute atomic E-state index is 0.0536. The lowest BCUT2D eigenvalue weighted by Crippen LogP contribution is -2.40. The van der Waals surface area contributed by atoms with Gasteiger partial charge >= 0.3 is 6.03 Å². The number of hydrogen-bond donors (Lipinski definition) is 1. The number of nitrogens with one attached hydrogen (secondary N) is 1. The second kappa shape index (κ2) is 8.73. The van der Waals surface area contributed by atoms with E-state index in [0.29, 0.717) is 35.4 Å². The van der Waals surface area contributed by atoms with Gasteiger partial charge in [-0.2, -0.15) is 0 Å². The Bertz CT molecular complexity index is 1140. The number of carbonyl (C=O) groups is 1. The number of amides is 2. The van der Waals surface area contributed by atoms with Crippen molar-refractivity contribution in [2.45, 2.75) is 26.3 Å². The molecule has 30 heavy (non-hydrogen) atoms. The Morgan fingerprint density at radius 1 is 1.23 bits per heavy atom. The minimum Gasteiger partial charge on any atom is -0.315 e. The first-order valence-electron chi connectivity index (χ1n) is 9.61. The number of urea groups is 1. The average molecular weight is 409 g/mol. The monoisotopic (exact) mass is 409 g/mol. The normalized spacial score (nSPS) is 11.8. The first-order chi connectivity index (χ1) is 14.3. The van der Waals surface area contributed by atoms with Crippen LogP contribution in [-0.4, -0.2) is 32.0 Å². The maximum Gasteiger partial charge on any atom is 0.322 e. The van der Waals surface area contributed by atoms with E-state index in [4.69, 9.17) is 0 Å². The number of nitro groups is 1. The second-order valence-electron chi connectivity index (χ2n) is 6.95. The van der Waals surface area contributed by atoms with Crippen molar-refractivity contribution < 1.29 is 9.72 Å². The van der Waals surface area contributed by atoms with Crippen molar-refractivity contribution in [1.82, 2.24) is 14.5 Å². The molecular formula is C21H23N5O4. The molecule has 156 valence electrons. The van der Waals surface area contributed by atoms with Gasteiger partial charge in [-0.1, -0.05) is 19.1 Å². The first kappa shape index (κ1) is 21.0. The van der Waals surface area contributed by atoms with Crippen LogP contribution in [0, 0.1) is 10.1 Å². The quantitative estimate of drug-likeness (QED) is 0.491. The number of hydrogen-bond acceptors (Lipinski definition) is 5. The number of nitro benzene ring substituents is 1. The maximum atomic E-state index is 13.0. The smallest absolute Gasteiger partial charge is 0.315 e. The van der Waals surface area contributed by atoms with Gasteiger partial charge in [0.1, 0.15) is 5.82 Å². The molecule has 1 N–H and O–H groups in total. The van der Waals surface area contributed by atoms with E-state index >= 15 is 0 Å². The Morgan fingerprint density at radius 3 is 2.53 bits per heavy atom. The van der Waals surface area contributed by atoms with Gasteiger partial charge in [0.15, 0.2) is 0 Å². The molecule has 0 saturated heterocycles. The summed E-state index contributed by atoms with van der Waals surface area (Å²) in [6.07, 6.45) is 0.708. The van der Waals surface area contributed by atoms with E-state index in [9.17, 15) is 19.7 Å². The van der Waals surface area contributed by atoms with Crippen LogP contribution < -0.4 is 10.9 Å². The number of nitrogens with zero attached hydrogens (tertiary/aromatic N) is 4. The molecule has 0 radical (unpaired) electrons. The zero-order chi connectivity index (χ0) is 21.8. The number of fused-ring (bicyclic) bond motifs is 1. The van der Waals surface area contributed by atoms with Crippen LogP contribution in [0.5, 0.6) is 0 Å². The van der Waals surface area contributed by atoms with Crippen molar-refractivity contribution in [2.24, 2.45) is 7.05 Å². The average Bonchev–Trinajstić information content (AvgIpc) is 2.74. The molecule has 0 saturated carbocycles. The number of rotatable bonds is 6. The Labute approximate surface area is 173 Å². The van der Waals surface area contributed by atoms with E-state index < -0.39 is 11.0 Å². The van der Waals surface area contributed by atoms with Gasteiger partial charge in [-0.3, -0.25) is 19.5 Å². The third-order valence-electron chi connectivity index (χ3n) is 4.91. The predicted octanol–water partition coefficient (Wildman–Crippen LogP) is 3.85. The number of anilines is 1. The topological polar surface area (TPSA) is 110 Å². The van der Waals surface area contributed by atoms with Gasteiger partial charge in [0, 0.05) is 31.4 Å². The number of aromatic nitrogens is 2. The van der Waals surface area contributed by atoms with Crippen LogP contribution in [0.2, 0.25) is 0 Å². The Kier molecular flexibility index (Phi) is 6.10. The molecule has 0 spiro atoms. The molecule has 0 fully saturated rings.